The van der Waals surface area contributed by atoms with E-state index in [1.165, 1.54) is 0 Å². The first kappa shape index (κ1) is 13.9. The van der Waals surface area contributed by atoms with Gasteiger partial charge in [-0.25, -0.2) is 4.39 Å². The Morgan fingerprint density at radius 2 is 2.05 bits per heavy atom. The van der Waals surface area contributed by atoms with Crippen LogP contribution >= 0.6 is 0 Å². The maximum absolute atomic E-state index is 13.8. The van der Waals surface area contributed by atoms with Gasteiger partial charge in [-0.2, -0.15) is 13.2 Å². The third-order valence-corrected chi connectivity index (χ3v) is 2.94. The van der Waals surface area contributed by atoms with Gasteiger partial charge in [-0.15, -0.1) is 0 Å². The Hall–Kier alpha value is -1.56. The predicted octanol–water partition coefficient (Wildman–Crippen LogP) is 3.41. The van der Waals surface area contributed by atoms with Gasteiger partial charge in [-0.05, 0) is 31.3 Å². The SMILES string of the molecule is CNC(C1=CCCO1)c1cc(C(F)(F)F)ccc1F. The number of halogens is 4. The van der Waals surface area contributed by atoms with Gasteiger partial charge in [0.2, 0.25) is 0 Å². The minimum atomic E-state index is -4.49. The normalized spacial score (nSPS) is 17.0. The van der Waals surface area contributed by atoms with Crippen LogP contribution in [0.3, 0.4) is 0 Å². The molecule has 19 heavy (non-hydrogen) atoms. The van der Waals surface area contributed by atoms with Crippen LogP contribution < -0.4 is 5.32 Å². The predicted molar refractivity (Wildman–Crippen MR) is 61.9 cm³/mol. The fraction of sp³-hybridized carbons (Fsp3) is 0.385. The lowest BCUT2D eigenvalue weighted by Crippen LogP contribution is -2.21. The van der Waals surface area contributed by atoms with Crippen LogP contribution in [-0.2, 0) is 10.9 Å². The summed E-state index contributed by atoms with van der Waals surface area (Å²) in [5.41, 5.74) is -0.937. The van der Waals surface area contributed by atoms with E-state index in [0.717, 1.165) is 18.2 Å². The molecule has 0 saturated heterocycles. The van der Waals surface area contributed by atoms with E-state index in [0.29, 0.717) is 18.8 Å². The van der Waals surface area contributed by atoms with Gasteiger partial charge in [0, 0.05) is 12.0 Å². The van der Waals surface area contributed by atoms with Gasteiger partial charge in [-0.3, -0.25) is 0 Å². The Kier molecular flexibility index (Phi) is 3.80. The lowest BCUT2D eigenvalue weighted by Gasteiger charge is -2.20. The van der Waals surface area contributed by atoms with E-state index >= 15 is 0 Å². The summed E-state index contributed by atoms with van der Waals surface area (Å²) in [5.74, 6) is -0.232. The number of benzene rings is 1. The minimum absolute atomic E-state index is 0.0644. The number of alkyl halides is 3. The molecule has 0 aromatic heterocycles. The molecule has 2 rings (SSSR count). The van der Waals surface area contributed by atoms with Crippen molar-refractivity contribution in [3.63, 3.8) is 0 Å². The summed E-state index contributed by atoms with van der Waals surface area (Å²) in [6.45, 7) is 0.466. The van der Waals surface area contributed by atoms with Crippen molar-refractivity contribution in [2.45, 2.75) is 18.6 Å². The zero-order valence-corrected chi connectivity index (χ0v) is 10.2. The van der Waals surface area contributed by atoms with Gasteiger partial charge in [0.15, 0.2) is 0 Å². The third kappa shape index (κ3) is 2.89. The number of hydrogen-bond acceptors (Lipinski definition) is 2. The van der Waals surface area contributed by atoms with Crippen LogP contribution in [0, 0.1) is 5.82 Å². The molecule has 0 fully saturated rings. The third-order valence-electron chi connectivity index (χ3n) is 2.94. The first-order chi connectivity index (χ1) is 8.93. The highest BCUT2D eigenvalue weighted by Gasteiger charge is 2.32. The number of likely N-dealkylation sites (N-methyl/N-ethyl adjacent to an activating group) is 1. The van der Waals surface area contributed by atoms with Crippen LogP contribution in [0.2, 0.25) is 0 Å². The Morgan fingerprint density at radius 3 is 2.58 bits per heavy atom. The summed E-state index contributed by atoms with van der Waals surface area (Å²) in [5, 5.41) is 2.78. The molecule has 1 aliphatic heterocycles. The molecule has 0 saturated carbocycles. The van der Waals surface area contributed by atoms with Crippen molar-refractivity contribution >= 4 is 0 Å². The van der Waals surface area contributed by atoms with Gasteiger partial charge >= 0.3 is 6.18 Å². The van der Waals surface area contributed by atoms with Crippen molar-refractivity contribution in [3.8, 4) is 0 Å². The molecular weight excluding hydrogens is 262 g/mol. The molecule has 1 aromatic rings. The molecule has 6 heteroatoms. The highest BCUT2D eigenvalue weighted by Crippen LogP contribution is 2.34. The number of nitrogens with one attached hydrogen (secondary N) is 1. The molecular formula is C13H13F4NO. The maximum atomic E-state index is 13.8. The number of rotatable bonds is 3. The second kappa shape index (κ2) is 5.21. The van der Waals surface area contributed by atoms with Gasteiger partial charge in [0.05, 0.1) is 18.2 Å². The van der Waals surface area contributed by atoms with E-state index in [9.17, 15) is 17.6 Å². The van der Waals surface area contributed by atoms with Crippen molar-refractivity contribution in [1.82, 2.24) is 5.32 Å². The van der Waals surface area contributed by atoms with Crippen molar-refractivity contribution in [2.24, 2.45) is 0 Å². The van der Waals surface area contributed by atoms with Gasteiger partial charge in [0.25, 0.3) is 0 Å². The molecule has 2 nitrogen and oxygen atoms in total. The zero-order chi connectivity index (χ0) is 14.0. The summed E-state index contributed by atoms with van der Waals surface area (Å²) < 4.78 is 57.0. The number of ether oxygens (including phenoxy) is 1. The van der Waals surface area contributed by atoms with Crippen LogP contribution in [0.1, 0.15) is 23.6 Å². The monoisotopic (exact) mass is 275 g/mol. The van der Waals surface area contributed by atoms with Gasteiger partial charge in [-0.1, -0.05) is 0 Å². The molecule has 1 atom stereocenters. The molecule has 104 valence electrons. The average molecular weight is 275 g/mol. The van der Waals surface area contributed by atoms with Crippen LogP contribution in [0.5, 0.6) is 0 Å². The molecule has 0 amide bonds. The van der Waals surface area contributed by atoms with E-state index in [4.69, 9.17) is 4.74 Å². The molecule has 1 N–H and O–H groups in total. The molecule has 1 aromatic carbocycles. The van der Waals surface area contributed by atoms with Crippen LogP contribution in [-0.4, -0.2) is 13.7 Å². The van der Waals surface area contributed by atoms with Gasteiger partial charge in [0.1, 0.15) is 11.6 Å². The molecule has 0 aliphatic carbocycles. The fourth-order valence-corrected chi connectivity index (χ4v) is 2.03. The molecule has 1 aliphatic rings. The summed E-state index contributed by atoms with van der Waals surface area (Å²) in [6, 6.07) is 1.68. The van der Waals surface area contributed by atoms with Crippen LogP contribution in [0.15, 0.2) is 30.0 Å². The van der Waals surface area contributed by atoms with Crippen LogP contribution in [0.25, 0.3) is 0 Å². The smallest absolute Gasteiger partial charge is 0.416 e. The maximum Gasteiger partial charge on any atom is 0.416 e. The molecule has 0 spiro atoms. The zero-order valence-electron chi connectivity index (χ0n) is 10.2. The summed E-state index contributed by atoms with van der Waals surface area (Å²) in [6.07, 6.45) is -2.07. The lowest BCUT2D eigenvalue weighted by atomic mass is 10.0. The molecule has 1 unspecified atom stereocenters. The molecule has 0 radical (unpaired) electrons. The first-order valence-electron chi connectivity index (χ1n) is 5.80. The first-order valence-corrected chi connectivity index (χ1v) is 5.80. The van der Waals surface area contributed by atoms with Crippen molar-refractivity contribution in [1.29, 1.82) is 0 Å². The lowest BCUT2D eigenvalue weighted by molar-refractivity contribution is -0.137. The van der Waals surface area contributed by atoms with E-state index in [1.54, 1.807) is 13.1 Å². The van der Waals surface area contributed by atoms with Gasteiger partial charge < -0.3 is 10.1 Å². The second-order valence-electron chi connectivity index (χ2n) is 4.20. The largest absolute Gasteiger partial charge is 0.496 e. The van der Waals surface area contributed by atoms with Crippen molar-refractivity contribution in [3.05, 3.63) is 47.0 Å². The summed E-state index contributed by atoms with van der Waals surface area (Å²) >= 11 is 0. The highest BCUT2D eigenvalue weighted by atomic mass is 19.4. The average Bonchev–Trinajstić information content (AvgIpc) is 2.84. The fourth-order valence-electron chi connectivity index (χ4n) is 2.03. The summed E-state index contributed by atoms with van der Waals surface area (Å²) in [4.78, 5) is 0. The Morgan fingerprint density at radius 1 is 1.32 bits per heavy atom. The second-order valence-corrected chi connectivity index (χ2v) is 4.20. The quantitative estimate of drug-likeness (QED) is 0.854. The van der Waals surface area contributed by atoms with Crippen molar-refractivity contribution < 1.29 is 22.3 Å². The topological polar surface area (TPSA) is 21.3 Å². The summed E-state index contributed by atoms with van der Waals surface area (Å²) in [7, 11) is 1.55. The minimum Gasteiger partial charge on any atom is -0.496 e. The molecule has 1 heterocycles. The number of hydrogen-bond donors (Lipinski definition) is 1. The Labute approximate surface area is 108 Å². The van der Waals surface area contributed by atoms with E-state index in [1.807, 2.05) is 0 Å². The van der Waals surface area contributed by atoms with Crippen molar-refractivity contribution in [2.75, 3.05) is 13.7 Å². The van der Waals surface area contributed by atoms with Crippen LogP contribution in [0.4, 0.5) is 17.6 Å². The van der Waals surface area contributed by atoms with E-state index < -0.39 is 23.6 Å². The molecule has 0 bridgehead atoms. The Balaban J connectivity index is 2.41. The highest BCUT2D eigenvalue weighted by molar-refractivity contribution is 5.33. The van der Waals surface area contributed by atoms with E-state index in [2.05, 4.69) is 5.32 Å². The Bertz CT molecular complexity index is 496. The van der Waals surface area contributed by atoms with E-state index in [-0.39, 0.29) is 5.56 Å². The standard InChI is InChI=1S/C13H13F4NO/c1-18-12(11-3-2-6-19-11)9-7-8(13(15,16)17)4-5-10(9)14/h3-5,7,12,18H,2,6H2,1H3.